The number of hydrogen-bond acceptors (Lipinski definition) is 0. The Labute approximate surface area is 99.4 Å². The summed E-state index contributed by atoms with van der Waals surface area (Å²) >= 11 is 0. The van der Waals surface area contributed by atoms with Gasteiger partial charge in [-0.05, 0) is 13.0 Å². The molecule has 1 unspecified atom stereocenters. The molecule has 15 heavy (non-hydrogen) atoms. The van der Waals surface area contributed by atoms with Crippen molar-refractivity contribution in [2.75, 3.05) is 20.6 Å². The summed E-state index contributed by atoms with van der Waals surface area (Å²) in [5, 5.41) is 0. The molecule has 1 rings (SSSR count). The van der Waals surface area contributed by atoms with Crippen LogP contribution in [-0.2, 0) is 0 Å². The molecule has 0 heterocycles. The van der Waals surface area contributed by atoms with Gasteiger partial charge in [0, 0.05) is 5.56 Å². The van der Waals surface area contributed by atoms with Gasteiger partial charge in [0.1, 0.15) is 6.04 Å². The second-order valence-electron chi connectivity index (χ2n) is 4.19. The molecule has 84 valence electrons. The Balaban J connectivity index is 0.00000196. The van der Waals surface area contributed by atoms with Crippen molar-refractivity contribution in [3.63, 3.8) is 0 Å². The average molecular weight is 226 g/mol. The van der Waals surface area contributed by atoms with E-state index in [0.717, 1.165) is 11.0 Å². The number of hydrogen-bond donors (Lipinski definition) is 0. The Bertz CT molecular complexity index is 293. The normalized spacial score (nSPS) is 12.7. The Morgan fingerprint density at radius 1 is 1.27 bits per heavy atom. The summed E-state index contributed by atoms with van der Waals surface area (Å²) in [5.74, 6) is 0. The maximum atomic E-state index is 3.94. The van der Waals surface area contributed by atoms with Gasteiger partial charge in [-0.2, -0.15) is 0 Å². The molecule has 0 saturated heterocycles. The molecule has 1 nitrogen and oxygen atoms in total. The second-order valence-corrected chi connectivity index (χ2v) is 4.19. The highest BCUT2D eigenvalue weighted by Gasteiger charge is 2.24. The topological polar surface area (TPSA) is 0 Å². The molecular formula is C13H20ClN. The van der Waals surface area contributed by atoms with Crippen LogP contribution < -0.4 is 12.4 Å². The van der Waals surface area contributed by atoms with Crippen molar-refractivity contribution in [1.29, 1.82) is 0 Å². The van der Waals surface area contributed by atoms with Crippen LogP contribution in [0.2, 0.25) is 0 Å². The van der Waals surface area contributed by atoms with Crippen molar-refractivity contribution in [2.45, 2.75) is 13.0 Å². The van der Waals surface area contributed by atoms with Crippen LogP contribution >= 0.6 is 0 Å². The molecule has 0 radical (unpaired) electrons. The molecule has 0 saturated carbocycles. The molecule has 0 fully saturated rings. The first-order valence-corrected chi connectivity index (χ1v) is 5.12. The summed E-state index contributed by atoms with van der Waals surface area (Å²) in [7, 11) is 4.47. The molecule has 0 bridgehead atoms. The van der Waals surface area contributed by atoms with Crippen molar-refractivity contribution in [3.05, 3.63) is 48.6 Å². The standard InChI is InChI=1S/C13H20N.ClH/c1-5-13(14(3,4)6-2)12-10-8-7-9-11-12;/h5,7-11,13H,1,6H2,2-4H3;1H/q+1;/p-1. The van der Waals surface area contributed by atoms with Crippen LogP contribution in [0.1, 0.15) is 18.5 Å². The van der Waals surface area contributed by atoms with E-state index in [-0.39, 0.29) is 12.4 Å². The van der Waals surface area contributed by atoms with Gasteiger partial charge < -0.3 is 16.9 Å². The summed E-state index contributed by atoms with van der Waals surface area (Å²) in [5.41, 5.74) is 1.34. The maximum absolute atomic E-state index is 3.94. The van der Waals surface area contributed by atoms with Gasteiger partial charge in [0.2, 0.25) is 0 Å². The second kappa shape index (κ2) is 5.94. The van der Waals surface area contributed by atoms with E-state index < -0.39 is 0 Å². The van der Waals surface area contributed by atoms with E-state index in [2.05, 4.69) is 57.9 Å². The number of quaternary nitrogens is 1. The van der Waals surface area contributed by atoms with E-state index in [9.17, 15) is 0 Å². The van der Waals surface area contributed by atoms with Gasteiger partial charge in [-0.1, -0.05) is 36.9 Å². The predicted molar refractivity (Wildman–Crippen MR) is 62.0 cm³/mol. The predicted octanol–water partition coefficient (Wildman–Crippen LogP) is 0.0140. The van der Waals surface area contributed by atoms with E-state index >= 15 is 0 Å². The van der Waals surface area contributed by atoms with Gasteiger partial charge in [0.15, 0.2) is 0 Å². The quantitative estimate of drug-likeness (QED) is 0.501. The summed E-state index contributed by atoms with van der Waals surface area (Å²) < 4.78 is 0.952. The molecule has 1 aromatic carbocycles. The lowest BCUT2D eigenvalue weighted by molar-refractivity contribution is -0.912. The fourth-order valence-electron chi connectivity index (χ4n) is 1.67. The fourth-order valence-corrected chi connectivity index (χ4v) is 1.67. The number of likely N-dealkylation sites (N-methyl/N-ethyl adjacent to an activating group) is 1. The molecule has 2 heteroatoms. The summed E-state index contributed by atoms with van der Waals surface area (Å²) in [4.78, 5) is 0. The van der Waals surface area contributed by atoms with Crippen LogP contribution in [0.3, 0.4) is 0 Å². The largest absolute Gasteiger partial charge is 1.00 e. The lowest BCUT2D eigenvalue weighted by Crippen LogP contribution is -3.00. The van der Waals surface area contributed by atoms with Crippen LogP contribution in [-0.4, -0.2) is 25.1 Å². The lowest BCUT2D eigenvalue weighted by Gasteiger charge is -2.35. The summed E-state index contributed by atoms with van der Waals surface area (Å²) in [6.45, 7) is 7.25. The van der Waals surface area contributed by atoms with Crippen molar-refractivity contribution in [2.24, 2.45) is 0 Å². The first-order chi connectivity index (χ1) is 6.61. The van der Waals surface area contributed by atoms with Crippen molar-refractivity contribution >= 4 is 0 Å². The Morgan fingerprint density at radius 3 is 2.20 bits per heavy atom. The van der Waals surface area contributed by atoms with Crippen LogP contribution in [0.25, 0.3) is 0 Å². The summed E-state index contributed by atoms with van der Waals surface area (Å²) in [6.07, 6.45) is 2.04. The maximum Gasteiger partial charge on any atom is 0.133 e. The van der Waals surface area contributed by atoms with E-state index in [1.165, 1.54) is 5.56 Å². The number of halogens is 1. The van der Waals surface area contributed by atoms with Gasteiger partial charge >= 0.3 is 0 Å². The van der Waals surface area contributed by atoms with E-state index in [1.54, 1.807) is 0 Å². The third-order valence-corrected chi connectivity index (χ3v) is 2.93. The lowest BCUT2D eigenvalue weighted by atomic mass is 10.0. The Hall–Kier alpha value is -0.790. The SMILES string of the molecule is C=CC(c1ccccc1)[N+](C)(C)CC.[Cl-]. The molecule has 1 aromatic rings. The highest BCUT2D eigenvalue weighted by Crippen LogP contribution is 2.25. The highest BCUT2D eigenvalue weighted by molar-refractivity contribution is 5.20. The Morgan fingerprint density at radius 2 is 1.80 bits per heavy atom. The number of benzene rings is 1. The molecule has 0 aliphatic carbocycles. The summed E-state index contributed by atoms with van der Waals surface area (Å²) in [6, 6.07) is 10.9. The molecule has 1 atom stereocenters. The zero-order valence-electron chi connectivity index (χ0n) is 9.78. The minimum Gasteiger partial charge on any atom is -1.00 e. The average Bonchev–Trinajstić information content (AvgIpc) is 2.20. The van der Waals surface area contributed by atoms with E-state index in [0.29, 0.717) is 6.04 Å². The van der Waals surface area contributed by atoms with Crippen molar-refractivity contribution in [1.82, 2.24) is 0 Å². The third kappa shape index (κ3) is 3.37. The number of rotatable bonds is 4. The highest BCUT2D eigenvalue weighted by atomic mass is 35.5. The van der Waals surface area contributed by atoms with Crippen LogP contribution in [0, 0.1) is 0 Å². The van der Waals surface area contributed by atoms with Gasteiger partial charge in [-0.3, -0.25) is 0 Å². The van der Waals surface area contributed by atoms with Gasteiger partial charge in [-0.15, -0.1) is 0 Å². The molecule has 0 aliphatic rings. The molecule has 0 aliphatic heterocycles. The smallest absolute Gasteiger partial charge is 0.133 e. The molecule has 0 N–H and O–H groups in total. The molecular weight excluding hydrogens is 206 g/mol. The first-order valence-electron chi connectivity index (χ1n) is 5.12. The van der Waals surface area contributed by atoms with E-state index in [1.807, 2.05) is 6.08 Å². The van der Waals surface area contributed by atoms with Crippen LogP contribution in [0.4, 0.5) is 0 Å². The minimum absolute atomic E-state index is 0. The van der Waals surface area contributed by atoms with Crippen LogP contribution in [0.15, 0.2) is 43.0 Å². The molecule has 0 amide bonds. The fraction of sp³-hybridized carbons (Fsp3) is 0.385. The minimum atomic E-state index is 0. The van der Waals surface area contributed by atoms with Gasteiger partial charge in [0.25, 0.3) is 0 Å². The first kappa shape index (κ1) is 14.2. The van der Waals surface area contributed by atoms with E-state index in [4.69, 9.17) is 0 Å². The van der Waals surface area contributed by atoms with Gasteiger partial charge in [0.05, 0.1) is 20.6 Å². The Kier molecular flexibility index (Phi) is 5.63. The van der Waals surface area contributed by atoms with Crippen LogP contribution in [0.5, 0.6) is 0 Å². The monoisotopic (exact) mass is 225 g/mol. The molecule has 0 spiro atoms. The van der Waals surface area contributed by atoms with Gasteiger partial charge in [-0.25, -0.2) is 0 Å². The molecule has 0 aromatic heterocycles. The third-order valence-electron chi connectivity index (χ3n) is 2.93. The van der Waals surface area contributed by atoms with Crippen molar-refractivity contribution in [3.8, 4) is 0 Å². The zero-order chi connectivity index (χ0) is 10.6. The van der Waals surface area contributed by atoms with Crippen molar-refractivity contribution < 1.29 is 16.9 Å². The zero-order valence-corrected chi connectivity index (χ0v) is 10.5. The number of nitrogens with zero attached hydrogens (tertiary/aromatic N) is 1.